The molecule has 0 unspecified atom stereocenters. The highest BCUT2D eigenvalue weighted by Gasteiger charge is 2.31. The van der Waals surface area contributed by atoms with E-state index in [0.717, 1.165) is 5.56 Å². The summed E-state index contributed by atoms with van der Waals surface area (Å²) >= 11 is 5.81. The van der Waals surface area contributed by atoms with Crippen molar-refractivity contribution >= 4 is 42.2 Å². The highest BCUT2D eigenvalue weighted by molar-refractivity contribution is 7.99. The average molecular weight is 383 g/mol. The zero-order valence-corrected chi connectivity index (χ0v) is 15.5. The van der Waals surface area contributed by atoms with Gasteiger partial charge in [-0.25, -0.2) is 0 Å². The molecule has 0 bridgehead atoms. The zero-order chi connectivity index (χ0) is 18.2. The number of rotatable bonds is 7. The van der Waals surface area contributed by atoms with E-state index in [4.69, 9.17) is 5.11 Å². The summed E-state index contributed by atoms with van der Waals surface area (Å²) in [5.41, 5.74) is 1.03. The van der Waals surface area contributed by atoms with Gasteiger partial charge in [-0.3, -0.25) is 14.4 Å². The van der Waals surface area contributed by atoms with Crippen molar-refractivity contribution in [1.82, 2.24) is 10.2 Å². The summed E-state index contributed by atoms with van der Waals surface area (Å²) < 4.78 is 0. The van der Waals surface area contributed by atoms with Gasteiger partial charge in [0.15, 0.2) is 0 Å². The molecule has 136 valence electrons. The fraction of sp³-hybridized carbons (Fsp3) is 0.471. The Morgan fingerprint density at radius 2 is 2.08 bits per heavy atom. The quantitative estimate of drug-likeness (QED) is 0.611. The standard InChI is InChI=1S/C17H22N2O4S2/c20-15(21)9-19-6-7-25-11-14(17(19)23)18-16(22)13(10-24)8-12-4-2-1-3-5-12/h1-5,13-14,24H,6-11H2,(H,18,22)(H,20,21)/t13-,14+/m1/s1. The van der Waals surface area contributed by atoms with Crippen LogP contribution >= 0.6 is 24.4 Å². The molecule has 0 saturated carbocycles. The Balaban J connectivity index is 2.00. The van der Waals surface area contributed by atoms with Crippen LogP contribution < -0.4 is 5.32 Å². The molecule has 1 aromatic carbocycles. The highest BCUT2D eigenvalue weighted by atomic mass is 32.2. The van der Waals surface area contributed by atoms with Gasteiger partial charge in [-0.2, -0.15) is 24.4 Å². The molecule has 1 aliphatic heterocycles. The van der Waals surface area contributed by atoms with Crippen LogP contribution in [0.3, 0.4) is 0 Å². The van der Waals surface area contributed by atoms with Crippen molar-refractivity contribution in [3.8, 4) is 0 Å². The van der Waals surface area contributed by atoms with Crippen LogP contribution in [0.4, 0.5) is 0 Å². The summed E-state index contributed by atoms with van der Waals surface area (Å²) in [5, 5.41) is 11.7. The lowest BCUT2D eigenvalue weighted by Crippen LogP contribution is -2.51. The first-order chi connectivity index (χ1) is 12.0. The minimum absolute atomic E-state index is 0.227. The lowest BCUT2D eigenvalue weighted by atomic mass is 10.00. The van der Waals surface area contributed by atoms with Gasteiger partial charge in [0.1, 0.15) is 12.6 Å². The first kappa shape index (κ1) is 19.7. The average Bonchev–Trinajstić information content (AvgIpc) is 2.76. The molecule has 2 rings (SSSR count). The van der Waals surface area contributed by atoms with Crippen molar-refractivity contribution in [2.75, 3.05) is 30.3 Å². The number of benzene rings is 1. The first-order valence-electron chi connectivity index (χ1n) is 8.04. The van der Waals surface area contributed by atoms with Crippen LogP contribution in [0.5, 0.6) is 0 Å². The van der Waals surface area contributed by atoms with E-state index in [1.54, 1.807) is 0 Å². The number of nitrogens with one attached hydrogen (secondary N) is 1. The third-order valence-corrected chi connectivity index (χ3v) is 5.44. The Morgan fingerprint density at radius 3 is 2.72 bits per heavy atom. The second kappa shape index (κ2) is 9.72. The van der Waals surface area contributed by atoms with Gasteiger partial charge in [0, 0.05) is 23.8 Å². The van der Waals surface area contributed by atoms with Crippen LogP contribution in [-0.2, 0) is 20.8 Å². The van der Waals surface area contributed by atoms with Crippen LogP contribution in [-0.4, -0.2) is 64.2 Å². The molecule has 6 nitrogen and oxygen atoms in total. The van der Waals surface area contributed by atoms with E-state index >= 15 is 0 Å². The molecule has 1 saturated heterocycles. The lowest BCUT2D eigenvalue weighted by Gasteiger charge is -2.24. The van der Waals surface area contributed by atoms with Crippen molar-refractivity contribution in [3.05, 3.63) is 35.9 Å². The van der Waals surface area contributed by atoms with Crippen molar-refractivity contribution in [3.63, 3.8) is 0 Å². The van der Waals surface area contributed by atoms with Crippen molar-refractivity contribution in [2.24, 2.45) is 5.92 Å². The van der Waals surface area contributed by atoms with E-state index in [2.05, 4.69) is 17.9 Å². The largest absolute Gasteiger partial charge is 0.480 e. The molecule has 2 amide bonds. The maximum absolute atomic E-state index is 12.6. The molecule has 1 heterocycles. The van der Waals surface area contributed by atoms with E-state index in [-0.39, 0.29) is 24.3 Å². The Hall–Kier alpha value is -1.67. The van der Waals surface area contributed by atoms with Gasteiger partial charge in [-0.15, -0.1) is 0 Å². The van der Waals surface area contributed by atoms with Gasteiger partial charge in [0.05, 0.1) is 5.92 Å². The van der Waals surface area contributed by atoms with Gasteiger partial charge in [0.25, 0.3) is 0 Å². The SMILES string of the molecule is O=C(O)CN1CCSC[C@H](NC(=O)[C@@H](CS)Cc2ccccc2)C1=O. The molecule has 8 heteroatoms. The van der Waals surface area contributed by atoms with Gasteiger partial charge < -0.3 is 15.3 Å². The molecule has 0 aliphatic carbocycles. The number of amides is 2. The van der Waals surface area contributed by atoms with Gasteiger partial charge in [-0.1, -0.05) is 30.3 Å². The summed E-state index contributed by atoms with van der Waals surface area (Å²) in [5.74, 6) is -0.486. The molecule has 1 fully saturated rings. The Labute approximate surface area is 156 Å². The fourth-order valence-electron chi connectivity index (χ4n) is 2.63. The molecule has 0 radical (unpaired) electrons. The minimum Gasteiger partial charge on any atom is -0.480 e. The number of thioether (sulfide) groups is 1. The molecule has 1 aliphatic rings. The molecular formula is C17H22N2O4S2. The maximum Gasteiger partial charge on any atom is 0.323 e. The summed E-state index contributed by atoms with van der Waals surface area (Å²) in [7, 11) is 0. The number of aliphatic carboxylic acids is 1. The summed E-state index contributed by atoms with van der Waals surface area (Å²) in [6.07, 6.45) is 0.545. The molecule has 2 N–H and O–H groups in total. The summed E-state index contributed by atoms with van der Waals surface area (Å²) in [6, 6.07) is 8.95. The molecular weight excluding hydrogens is 360 g/mol. The van der Waals surface area contributed by atoms with Gasteiger partial charge >= 0.3 is 5.97 Å². The number of carbonyl (C=O) groups is 3. The van der Waals surface area contributed by atoms with Crippen LogP contribution in [0.15, 0.2) is 30.3 Å². The topological polar surface area (TPSA) is 86.7 Å². The van der Waals surface area contributed by atoms with Crippen LogP contribution in [0.25, 0.3) is 0 Å². The van der Waals surface area contributed by atoms with Crippen molar-refractivity contribution in [2.45, 2.75) is 12.5 Å². The van der Waals surface area contributed by atoms with Gasteiger partial charge in [0.2, 0.25) is 11.8 Å². The highest BCUT2D eigenvalue weighted by Crippen LogP contribution is 2.15. The number of hydrogen-bond donors (Lipinski definition) is 3. The fourth-order valence-corrected chi connectivity index (χ4v) is 3.90. The van der Waals surface area contributed by atoms with Crippen molar-refractivity contribution < 1.29 is 19.5 Å². The molecule has 2 atom stereocenters. The summed E-state index contributed by atoms with van der Waals surface area (Å²) in [6.45, 7) is 0.0357. The maximum atomic E-state index is 12.6. The van der Waals surface area contributed by atoms with E-state index in [9.17, 15) is 14.4 Å². The smallest absolute Gasteiger partial charge is 0.323 e. The Bertz CT molecular complexity index is 612. The zero-order valence-electron chi connectivity index (χ0n) is 13.8. The third-order valence-electron chi connectivity index (χ3n) is 3.96. The third kappa shape index (κ3) is 5.97. The van der Waals surface area contributed by atoms with Crippen molar-refractivity contribution in [1.29, 1.82) is 0 Å². The van der Waals surface area contributed by atoms with E-state index in [1.165, 1.54) is 16.7 Å². The molecule has 25 heavy (non-hydrogen) atoms. The first-order valence-corrected chi connectivity index (χ1v) is 9.83. The number of carboxylic acid groups (broad SMARTS) is 1. The van der Waals surface area contributed by atoms with Crippen LogP contribution in [0.2, 0.25) is 0 Å². The van der Waals surface area contributed by atoms with Crippen LogP contribution in [0, 0.1) is 5.92 Å². The number of carboxylic acids is 1. The van der Waals surface area contributed by atoms with E-state index in [1.807, 2.05) is 30.3 Å². The van der Waals surface area contributed by atoms with E-state index in [0.29, 0.717) is 30.2 Å². The lowest BCUT2D eigenvalue weighted by molar-refractivity contribution is -0.145. The second-order valence-corrected chi connectivity index (χ2v) is 7.37. The summed E-state index contributed by atoms with van der Waals surface area (Å²) in [4.78, 5) is 37.3. The number of carbonyl (C=O) groups excluding carboxylic acids is 2. The Kier molecular flexibility index (Phi) is 7.64. The molecule has 0 aromatic heterocycles. The molecule has 1 aromatic rings. The predicted molar refractivity (Wildman–Crippen MR) is 101 cm³/mol. The predicted octanol–water partition coefficient (Wildman–Crippen LogP) is 0.920. The minimum atomic E-state index is -1.05. The normalized spacial score (nSPS) is 19.2. The van der Waals surface area contributed by atoms with Gasteiger partial charge in [-0.05, 0) is 12.0 Å². The number of hydrogen-bond acceptors (Lipinski definition) is 5. The van der Waals surface area contributed by atoms with E-state index < -0.39 is 12.0 Å². The number of nitrogens with zero attached hydrogens (tertiary/aromatic N) is 1. The second-order valence-electron chi connectivity index (χ2n) is 5.86. The Morgan fingerprint density at radius 1 is 1.36 bits per heavy atom. The van der Waals surface area contributed by atoms with Crippen LogP contribution in [0.1, 0.15) is 5.56 Å². The number of thiol groups is 1. The molecule has 0 spiro atoms. The monoisotopic (exact) mass is 382 g/mol.